The molecule has 0 rings (SSSR count). The maximum absolute atomic E-state index is 10.7. The molecule has 0 aliphatic carbocycles. The van der Waals surface area contributed by atoms with Crippen LogP contribution in [0.25, 0.3) is 0 Å². The monoisotopic (exact) mass is 159 g/mol. The summed E-state index contributed by atoms with van der Waals surface area (Å²) in [6.07, 6.45) is 0.732. The minimum atomic E-state index is -1.13. The number of carbonyl (C=O) groups excluding carboxylic acids is 3. The van der Waals surface area contributed by atoms with Gasteiger partial charge in [-0.2, -0.15) is 0 Å². The fraction of sp³-hybridized carbons (Fsp3) is 0.500. The van der Waals surface area contributed by atoms with E-state index in [0.29, 0.717) is 12.7 Å². The summed E-state index contributed by atoms with van der Waals surface area (Å²) in [6.45, 7) is 0. The second kappa shape index (κ2) is 4.43. The maximum Gasteiger partial charge on any atom is 0.336 e. The molecule has 0 radical (unpaired) electrons. The number of carbonyl (C=O) groups is 3. The van der Waals surface area contributed by atoms with Crippen molar-refractivity contribution in [1.29, 1.82) is 0 Å². The number of nitrogens with zero attached hydrogens (tertiary/aromatic N) is 1. The average molecular weight is 159 g/mol. The van der Waals surface area contributed by atoms with Gasteiger partial charge in [0.05, 0.1) is 7.11 Å². The lowest BCUT2D eigenvalue weighted by molar-refractivity contribution is -0.150. The van der Waals surface area contributed by atoms with Crippen LogP contribution in [0.2, 0.25) is 0 Å². The van der Waals surface area contributed by atoms with E-state index < -0.39 is 12.0 Å². The van der Waals surface area contributed by atoms with Crippen molar-refractivity contribution in [2.75, 3.05) is 14.2 Å². The molecule has 5 nitrogen and oxygen atoms in total. The van der Waals surface area contributed by atoms with Crippen LogP contribution < -0.4 is 0 Å². The van der Waals surface area contributed by atoms with Crippen LogP contribution in [0.4, 0.5) is 0 Å². The van der Waals surface area contributed by atoms with Crippen LogP contribution in [0, 0.1) is 0 Å². The summed E-state index contributed by atoms with van der Waals surface area (Å²) in [4.78, 5) is 31.9. The second-order valence-corrected chi connectivity index (χ2v) is 1.87. The molecule has 1 unspecified atom stereocenters. The number of likely N-dealkylation sites (N-methyl/N-ethyl adjacent to an activating group) is 1. The van der Waals surface area contributed by atoms with Crippen molar-refractivity contribution in [2.45, 2.75) is 6.04 Å². The van der Waals surface area contributed by atoms with Gasteiger partial charge in [-0.15, -0.1) is 0 Å². The van der Waals surface area contributed by atoms with Gasteiger partial charge in [0, 0.05) is 7.05 Å². The van der Waals surface area contributed by atoms with Crippen LogP contribution in [-0.4, -0.2) is 43.8 Å². The number of ether oxygens (including phenoxy) is 1. The Hall–Kier alpha value is -1.39. The van der Waals surface area contributed by atoms with Gasteiger partial charge >= 0.3 is 5.97 Å². The number of methoxy groups -OCH3 is 1. The van der Waals surface area contributed by atoms with Gasteiger partial charge in [0.15, 0.2) is 12.3 Å². The van der Waals surface area contributed by atoms with E-state index in [1.54, 1.807) is 0 Å². The van der Waals surface area contributed by atoms with Gasteiger partial charge in [-0.3, -0.25) is 4.79 Å². The molecule has 0 fully saturated rings. The summed E-state index contributed by atoms with van der Waals surface area (Å²) in [5.74, 6) is -0.741. The van der Waals surface area contributed by atoms with Crippen molar-refractivity contribution in [3.8, 4) is 0 Å². The smallest absolute Gasteiger partial charge is 0.336 e. The Bertz CT molecular complexity index is 168. The van der Waals surface area contributed by atoms with Crippen LogP contribution >= 0.6 is 0 Å². The summed E-state index contributed by atoms with van der Waals surface area (Å²) in [5, 5.41) is 0. The number of rotatable bonds is 4. The Morgan fingerprint density at radius 3 is 2.36 bits per heavy atom. The van der Waals surface area contributed by atoms with Gasteiger partial charge in [-0.25, -0.2) is 4.79 Å². The molecular formula is C6H9NO4. The highest BCUT2D eigenvalue weighted by Crippen LogP contribution is 1.91. The van der Waals surface area contributed by atoms with Gasteiger partial charge in [0.2, 0.25) is 6.41 Å². The van der Waals surface area contributed by atoms with Crippen molar-refractivity contribution in [2.24, 2.45) is 0 Å². The van der Waals surface area contributed by atoms with Gasteiger partial charge in [-0.1, -0.05) is 0 Å². The molecule has 1 atom stereocenters. The topological polar surface area (TPSA) is 63.7 Å². The summed E-state index contributed by atoms with van der Waals surface area (Å²) in [7, 11) is 2.47. The van der Waals surface area contributed by atoms with Crippen LogP contribution in [0.3, 0.4) is 0 Å². The first-order chi connectivity index (χ1) is 5.17. The lowest BCUT2D eigenvalue weighted by Gasteiger charge is -2.15. The predicted molar refractivity (Wildman–Crippen MR) is 35.7 cm³/mol. The number of aldehydes is 1. The van der Waals surface area contributed by atoms with E-state index in [-0.39, 0.29) is 0 Å². The van der Waals surface area contributed by atoms with Gasteiger partial charge in [0.25, 0.3) is 0 Å². The van der Waals surface area contributed by atoms with Gasteiger partial charge in [-0.05, 0) is 0 Å². The third-order valence-electron chi connectivity index (χ3n) is 1.18. The Morgan fingerprint density at radius 1 is 1.55 bits per heavy atom. The first-order valence-electron chi connectivity index (χ1n) is 2.87. The molecule has 62 valence electrons. The van der Waals surface area contributed by atoms with Gasteiger partial charge < -0.3 is 14.4 Å². The Kier molecular flexibility index (Phi) is 3.87. The third kappa shape index (κ3) is 2.37. The largest absolute Gasteiger partial charge is 0.467 e. The summed E-state index contributed by atoms with van der Waals surface area (Å²) in [6, 6.07) is -1.13. The van der Waals surface area contributed by atoms with E-state index in [4.69, 9.17) is 0 Å². The third-order valence-corrected chi connectivity index (χ3v) is 1.18. The van der Waals surface area contributed by atoms with Crippen LogP contribution in [0.15, 0.2) is 0 Å². The zero-order chi connectivity index (χ0) is 8.85. The summed E-state index contributed by atoms with van der Waals surface area (Å²) in [5.41, 5.74) is 0. The van der Waals surface area contributed by atoms with E-state index in [9.17, 15) is 14.4 Å². The lowest BCUT2D eigenvalue weighted by Crippen LogP contribution is -2.39. The van der Waals surface area contributed by atoms with Crippen LogP contribution in [0.5, 0.6) is 0 Å². The molecular weight excluding hydrogens is 150 g/mol. The molecule has 0 N–H and O–H groups in total. The molecule has 0 saturated carbocycles. The molecule has 0 saturated heterocycles. The molecule has 0 spiro atoms. The number of esters is 1. The minimum absolute atomic E-state index is 0.347. The normalized spacial score (nSPS) is 11.5. The first kappa shape index (κ1) is 9.61. The molecule has 1 amide bonds. The molecule has 5 heteroatoms. The number of hydrogen-bond acceptors (Lipinski definition) is 4. The van der Waals surface area contributed by atoms with Gasteiger partial charge in [0.1, 0.15) is 0 Å². The first-order valence-corrected chi connectivity index (χ1v) is 2.87. The standard InChI is InChI=1S/C6H9NO4/c1-7(4-9)5(3-8)6(10)11-2/h3-5H,1-2H3. The van der Waals surface area contributed by atoms with Crippen molar-refractivity contribution in [3.05, 3.63) is 0 Å². The zero-order valence-corrected chi connectivity index (χ0v) is 6.31. The molecule has 0 aromatic carbocycles. The molecule has 0 bridgehead atoms. The van der Waals surface area contributed by atoms with E-state index in [1.165, 1.54) is 7.05 Å². The van der Waals surface area contributed by atoms with Crippen molar-refractivity contribution < 1.29 is 19.1 Å². The zero-order valence-electron chi connectivity index (χ0n) is 6.31. The molecule has 0 aromatic heterocycles. The highest BCUT2D eigenvalue weighted by atomic mass is 16.5. The fourth-order valence-corrected chi connectivity index (χ4v) is 0.504. The second-order valence-electron chi connectivity index (χ2n) is 1.87. The predicted octanol–water partition coefficient (Wildman–Crippen LogP) is -1.18. The average Bonchev–Trinajstić information content (AvgIpc) is 2.05. The summed E-state index contributed by atoms with van der Waals surface area (Å²) < 4.78 is 4.26. The fourth-order valence-electron chi connectivity index (χ4n) is 0.504. The van der Waals surface area contributed by atoms with Crippen LogP contribution in [-0.2, 0) is 19.1 Å². The highest BCUT2D eigenvalue weighted by Gasteiger charge is 2.21. The van der Waals surface area contributed by atoms with E-state index in [0.717, 1.165) is 12.0 Å². The highest BCUT2D eigenvalue weighted by molar-refractivity contribution is 5.93. The Morgan fingerprint density at radius 2 is 2.09 bits per heavy atom. The SMILES string of the molecule is COC(=O)C(C=O)N(C)C=O. The van der Waals surface area contributed by atoms with E-state index >= 15 is 0 Å². The van der Waals surface area contributed by atoms with Crippen LogP contribution in [0.1, 0.15) is 0 Å². The number of amides is 1. The van der Waals surface area contributed by atoms with Crippen molar-refractivity contribution in [1.82, 2.24) is 4.90 Å². The Labute approximate surface area is 63.9 Å². The lowest BCUT2D eigenvalue weighted by atomic mass is 10.3. The minimum Gasteiger partial charge on any atom is -0.467 e. The molecule has 0 heterocycles. The quantitative estimate of drug-likeness (QED) is 0.294. The maximum atomic E-state index is 10.7. The van der Waals surface area contributed by atoms with Crippen molar-refractivity contribution in [3.63, 3.8) is 0 Å². The van der Waals surface area contributed by atoms with E-state index in [2.05, 4.69) is 4.74 Å². The summed E-state index contributed by atoms with van der Waals surface area (Å²) >= 11 is 0. The molecule has 0 aliphatic rings. The molecule has 0 aliphatic heterocycles. The van der Waals surface area contributed by atoms with E-state index in [1.807, 2.05) is 0 Å². The molecule has 0 aromatic rings. The molecule has 11 heavy (non-hydrogen) atoms. The number of hydrogen-bond donors (Lipinski definition) is 0. The Balaban J connectivity index is 4.26. The van der Waals surface area contributed by atoms with Crippen molar-refractivity contribution >= 4 is 18.7 Å².